The van der Waals surface area contributed by atoms with Gasteiger partial charge in [-0.05, 0) is 52.0 Å². The van der Waals surface area contributed by atoms with Gasteiger partial charge in [0.2, 0.25) is 0 Å². The summed E-state index contributed by atoms with van der Waals surface area (Å²) in [5.74, 6) is 0.306. The summed E-state index contributed by atoms with van der Waals surface area (Å²) in [6, 6.07) is 0. The van der Waals surface area contributed by atoms with Crippen LogP contribution in [0.4, 0.5) is 0 Å². The van der Waals surface area contributed by atoms with E-state index in [9.17, 15) is 4.79 Å². The van der Waals surface area contributed by atoms with Crippen molar-refractivity contribution in [2.24, 2.45) is 0 Å². The molecule has 0 aromatic carbocycles. The summed E-state index contributed by atoms with van der Waals surface area (Å²) >= 11 is 0. The van der Waals surface area contributed by atoms with E-state index in [1.54, 1.807) is 6.92 Å². The van der Waals surface area contributed by atoms with Gasteiger partial charge >= 0.3 is 0 Å². The number of carbonyl (C=O) groups excluding carboxylic acids is 1. The third kappa shape index (κ3) is 3.49. The van der Waals surface area contributed by atoms with Gasteiger partial charge in [0, 0.05) is 6.42 Å². The molecule has 0 atom stereocenters. The van der Waals surface area contributed by atoms with E-state index in [1.807, 2.05) is 0 Å². The van der Waals surface area contributed by atoms with Gasteiger partial charge in [-0.1, -0.05) is 17.2 Å². The van der Waals surface area contributed by atoms with Gasteiger partial charge in [-0.3, -0.25) is 0 Å². The number of Topliss-reactive ketones (excluding diaryl/α,β-unsaturated/α-hetero) is 1. The monoisotopic (exact) mass is 192 g/mol. The smallest absolute Gasteiger partial charge is 0.130 e. The minimum atomic E-state index is 0.306. The normalized spacial score (nSPS) is 15.9. The van der Waals surface area contributed by atoms with Crippen LogP contribution in [0.5, 0.6) is 0 Å². The number of ketones is 1. The second-order valence-electron chi connectivity index (χ2n) is 4.41. The maximum Gasteiger partial charge on any atom is 0.130 e. The lowest BCUT2D eigenvalue weighted by Gasteiger charge is -2.02. The maximum absolute atomic E-state index is 10.9. The van der Waals surface area contributed by atoms with Crippen molar-refractivity contribution in [1.82, 2.24) is 0 Å². The van der Waals surface area contributed by atoms with E-state index in [1.165, 1.54) is 36.0 Å². The molecule has 0 radical (unpaired) electrons. The first-order valence-corrected chi connectivity index (χ1v) is 5.45. The van der Waals surface area contributed by atoms with Crippen molar-refractivity contribution < 1.29 is 4.79 Å². The van der Waals surface area contributed by atoms with Gasteiger partial charge in [0.1, 0.15) is 5.78 Å². The molecule has 0 saturated heterocycles. The van der Waals surface area contributed by atoms with E-state index in [-0.39, 0.29) is 0 Å². The highest BCUT2D eigenvalue weighted by Crippen LogP contribution is 2.30. The van der Waals surface area contributed by atoms with Crippen LogP contribution in [0.15, 0.2) is 22.8 Å². The van der Waals surface area contributed by atoms with Gasteiger partial charge in [-0.25, -0.2) is 0 Å². The van der Waals surface area contributed by atoms with Gasteiger partial charge < -0.3 is 4.79 Å². The zero-order chi connectivity index (χ0) is 10.6. The fourth-order valence-electron chi connectivity index (χ4n) is 1.96. The van der Waals surface area contributed by atoms with E-state index in [4.69, 9.17) is 0 Å². The fraction of sp³-hybridized carbons (Fsp3) is 0.615. The highest BCUT2D eigenvalue weighted by atomic mass is 16.1. The molecule has 1 rings (SSSR count). The Hall–Kier alpha value is -0.850. The molecule has 1 nitrogen and oxygen atoms in total. The molecule has 0 aromatic rings. The molecule has 0 heterocycles. The Morgan fingerprint density at radius 1 is 1.29 bits per heavy atom. The number of carbonyl (C=O) groups is 1. The summed E-state index contributed by atoms with van der Waals surface area (Å²) in [7, 11) is 0. The third-order valence-electron chi connectivity index (χ3n) is 2.62. The summed E-state index contributed by atoms with van der Waals surface area (Å²) in [4.78, 5) is 10.9. The lowest BCUT2D eigenvalue weighted by Crippen LogP contribution is -1.91. The van der Waals surface area contributed by atoms with Gasteiger partial charge in [0.25, 0.3) is 0 Å². The van der Waals surface area contributed by atoms with E-state index in [0.29, 0.717) is 5.78 Å². The van der Waals surface area contributed by atoms with Crippen molar-refractivity contribution in [3.05, 3.63) is 22.8 Å². The number of hydrogen-bond acceptors (Lipinski definition) is 1. The van der Waals surface area contributed by atoms with Crippen LogP contribution in [0.1, 0.15) is 52.9 Å². The topological polar surface area (TPSA) is 17.1 Å². The average molecular weight is 192 g/mol. The summed E-state index contributed by atoms with van der Waals surface area (Å²) in [5.41, 5.74) is 4.37. The molecule has 0 amide bonds. The molecular weight excluding hydrogens is 172 g/mol. The molecule has 1 aliphatic carbocycles. The van der Waals surface area contributed by atoms with Gasteiger partial charge in [0.05, 0.1) is 0 Å². The predicted octanol–water partition coefficient (Wildman–Crippen LogP) is 3.80. The van der Waals surface area contributed by atoms with Gasteiger partial charge in [0.15, 0.2) is 0 Å². The predicted molar refractivity (Wildman–Crippen MR) is 60.2 cm³/mol. The van der Waals surface area contributed by atoms with Crippen LogP contribution in [-0.4, -0.2) is 5.78 Å². The van der Waals surface area contributed by atoms with E-state index < -0.39 is 0 Å². The largest absolute Gasteiger partial charge is 0.300 e. The minimum absolute atomic E-state index is 0.306. The van der Waals surface area contributed by atoms with Crippen LogP contribution < -0.4 is 0 Å². The molecule has 0 unspecified atom stereocenters. The molecule has 1 heteroatoms. The molecule has 0 N–H and O–H groups in total. The molecule has 1 aliphatic rings. The zero-order valence-electron chi connectivity index (χ0n) is 9.52. The van der Waals surface area contributed by atoms with Crippen LogP contribution in [0.2, 0.25) is 0 Å². The summed E-state index contributed by atoms with van der Waals surface area (Å²) in [6.07, 6.45) is 7.66. The highest BCUT2D eigenvalue weighted by molar-refractivity contribution is 5.75. The second kappa shape index (κ2) is 5.14. The Kier molecular flexibility index (Phi) is 4.12. The van der Waals surface area contributed by atoms with Crippen molar-refractivity contribution in [2.45, 2.75) is 52.9 Å². The Balaban J connectivity index is 2.63. The Morgan fingerprint density at radius 3 is 2.57 bits per heavy atom. The second-order valence-corrected chi connectivity index (χ2v) is 4.41. The van der Waals surface area contributed by atoms with E-state index >= 15 is 0 Å². The van der Waals surface area contributed by atoms with Crippen molar-refractivity contribution in [2.75, 3.05) is 0 Å². The quantitative estimate of drug-likeness (QED) is 0.662. The lowest BCUT2D eigenvalue weighted by atomic mass is 10.0. The molecule has 78 valence electrons. The maximum atomic E-state index is 10.9. The van der Waals surface area contributed by atoms with Crippen LogP contribution in [0.25, 0.3) is 0 Å². The molecule has 0 spiro atoms. The molecule has 0 fully saturated rings. The first kappa shape index (κ1) is 11.2. The molecule has 14 heavy (non-hydrogen) atoms. The third-order valence-corrected chi connectivity index (χ3v) is 2.62. The molecule has 0 bridgehead atoms. The summed E-state index contributed by atoms with van der Waals surface area (Å²) in [6.45, 7) is 5.94. The van der Waals surface area contributed by atoms with E-state index in [2.05, 4.69) is 19.9 Å². The average Bonchev–Trinajstić information content (AvgIpc) is 2.47. The van der Waals surface area contributed by atoms with Crippen LogP contribution in [0, 0.1) is 0 Å². The zero-order valence-corrected chi connectivity index (χ0v) is 9.52. The molecule has 0 saturated carbocycles. The van der Waals surface area contributed by atoms with Crippen molar-refractivity contribution in [1.29, 1.82) is 0 Å². The van der Waals surface area contributed by atoms with Gasteiger partial charge in [-0.15, -0.1) is 0 Å². The van der Waals surface area contributed by atoms with E-state index in [0.717, 1.165) is 12.8 Å². The first-order chi connectivity index (χ1) is 6.59. The summed E-state index contributed by atoms with van der Waals surface area (Å²) < 4.78 is 0. The number of rotatable bonds is 4. The molecular formula is C13H20O. The Bertz CT molecular complexity index is 278. The number of hydrogen-bond donors (Lipinski definition) is 0. The lowest BCUT2D eigenvalue weighted by molar-refractivity contribution is -0.116. The van der Waals surface area contributed by atoms with Gasteiger partial charge in [-0.2, -0.15) is 0 Å². The van der Waals surface area contributed by atoms with Crippen LogP contribution in [-0.2, 0) is 4.79 Å². The Labute approximate surface area is 86.9 Å². The fourth-order valence-corrected chi connectivity index (χ4v) is 1.96. The van der Waals surface area contributed by atoms with Crippen molar-refractivity contribution in [3.63, 3.8) is 0 Å². The number of allylic oxidation sites excluding steroid dienone is 4. The molecule has 0 aliphatic heterocycles. The van der Waals surface area contributed by atoms with Crippen molar-refractivity contribution >= 4 is 5.78 Å². The highest BCUT2D eigenvalue weighted by Gasteiger charge is 2.12. The standard InChI is InChI=1S/C13H20O/c1-10(2)9-13-6-4-5-12(13)8-7-11(3)14/h9H,4-8H2,1-3H3. The summed E-state index contributed by atoms with van der Waals surface area (Å²) in [5, 5.41) is 0. The SMILES string of the molecule is CC(=O)CCC1=C(C=C(C)C)CCC1. The minimum Gasteiger partial charge on any atom is -0.300 e. The Morgan fingerprint density at radius 2 is 2.00 bits per heavy atom. The molecule has 0 aromatic heterocycles. The van der Waals surface area contributed by atoms with Crippen LogP contribution in [0.3, 0.4) is 0 Å². The first-order valence-electron chi connectivity index (χ1n) is 5.45. The van der Waals surface area contributed by atoms with Crippen molar-refractivity contribution in [3.8, 4) is 0 Å². The van der Waals surface area contributed by atoms with Crippen LogP contribution >= 0.6 is 0 Å².